The van der Waals surface area contributed by atoms with Gasteiger partial charge in [-0.05, 0) is 56.0 Å². The lowest BCUT2D eigenvalue weighted by Crippen LogP contribution is -2.39. The molecule has 35 heavy (non-hydrogen) atoms. The van der Waals surface area contributed by atoms with Gasteiger partial charge in [-0.1, -0.05) is 26.8 Å². The van der Waals surface area contributed by atoms with Crippen LogP contribution in [0.4, 0.5) is 5.69 Å². The topological polar surface area (TPSA) is 59.3 Å². The minimum absolute atomic E-state index is 0.0205. The van der Waals surface area contributed by atoms with Gasteiger partial charge in [0.25, 0.3) is 0 Å². The Morgan fingerprint density at radius 1 is 0.857 bits per heavy atom. The fraction of sp³-hybridized carbons (Fsp3) is 0.321. The van der Waals surface area contributed by atoms with Gasteiger partial charge in [-0.15, -0.1) is 0 Å². The summed E-state index contributed by atoms with van der Waals surface area (Å²) in [6, 6.07) is 14.2. The van der Waals surface area contributed by atoms with E-state index in [1.165, 1.54) is 5.56 Å². The Bertz CT molecular complexity index is 1390. The normalized spacial score (nSPS) is 14.2. The van der Waals surface area contributed by atoms with Crippen LogP contribution in [0.15, 0.2) is 73.5 Å². The molecule has 1 aromatic carbocycles. The summed E-state index contributed by atoms with van der Waals surface area (Å²) >= 11 is 0. The fourth-order valence-electron chi connectivity index (χ4n) is 4.01. The first-order valence-electron chi connectivity index (χ1n) is 11.9. The highest BCUT2D eigenvalue weighted by molar-refractivity contribution is 5.77. The van der Waals surface area contributed by atoms with E-state index in [0.29, 0.717) is 5.75 Å². The van der Waals surface area contributed by atoms with Gasteiger partial charge in [-0.2, -0.15) is 5.10 Å². The molecule has 4 heterocycles. The van der Waals surface area contributed by atoms with Crippen LogP contribution in [-0.4, -0.2) is 36.9 Å². The maximum absolute atomic E-state index is 6.23. The summed E-state index contributed by atoms with van der Waals surface area (Å²) in [5, 5.41) is 4.55. The zero-order valence-electron chi connectivity index (χ0n) is 21.2. The average Bonchev–Trinajstić information content (AvgIpc) is 3.46. The second-order valence-electron chi connectivity index (χ2n) is 10.9. The highest BCUT2D eigenvalue weighted by atomic mass is 16.5. The van der Waals surface area contributed by atoms with E-state index in [-0.39, 0.29) is 11.0 Å². The van der Waals surface area contributed by atoms with Gasteiger partial charge in [0, 0.05) is 42.0 Å². The van der Waals surface area contributed by atoms with Crippen LogP contribution in [0.2, 0.25) is 0 Å². The SMILES string of the molecule is CC(C)(C)c1ccnc(-n2ncc3ncc(Oc4cccc(N5C=CN(C(C)(C)C)C5)c4)cc32)c1. The van der Waals surface area contributed by atoms with Crippen LogP contribution >= 0.6 is 0 Å². The van der Waals surface area contributed by atoms with Gasteiger partial charge in [0.1, 0.15) is 17.0 Å². The molecule has 180 valence electrons. The smallest absolute Gasteiger partial charge is 0.154 e. The highest BCUT2D eigenvalue weighted by Gasteiger charge is 2.24. The first-order valence-corrected chi connectivity index (χ1v) is 11.9. The van der Waals surface area contributed by atoms with Gasteiger partial charge >= 0.3 is 0 Å². The molecule has 0 radical (unpaired) electrons. The summed E-state index contributed by atoms with van der Waals surface area (Å²) < 4.78 is 8.05. The van der Waals surface area contributed by atoms with Crippen LogP contribution in [0.25, 0.3) is 16.9 Å². The van der Waals surface area contributed by atoms with Crippen molar-refractivity contribution in [3.63, 3.8) is 0 Å². The Morgan fingerprint density at radius 2 is 1.69 bits per heavy atom. The molecule has 0 bridgehead atoms. The molecule has 0 aliphatic carbocycles. The van der Waals surface area contributed by atoms with Crippen molar-refractivity contribution < 1.29 is 4.74 Å². The average molecular weight is 469 g/mol. The van der Waals surface area contributed by atoms with Crippen molar-refractivity contribution in [3.05, 3.63) is 79.0 Å². The summed E-state index contributed by atoms with van der Waals surface area (Å²) in [6.45, 7) is 14.0. The van der Waals surface area contributed by atoms with E-state index in [4.69, 9.17) is 4.74 Å². The van der Waals surface area contributed by atoms with E-state index < -0.39 is 0 Å². The number of ether oxygens (including phenoxy) is 1. The van der Waals surface area contributed by atoms with Crippen molar-refractivity contribution in [2.75, 3.05) is 11.6 Å². The predicted molar refractivity (Wildman–Crippen MR) is 140 cm³/mol. The second-order valence-corrected chi connectivity index (χ2v) is 10.9. The third-order valence-corrected chi connectivity index (χ3v) is 6.20. The van der Waals surface area contributed by atoms with E-state index in [1.807, 2.05) is 41.2 Å². The predicted octanol–water partition coefficient (Wildman–Crippen LogP) is 6.25. The van der Waals surface area contributed by atoms with Crippen LogP contribution in [-0.2, 0) is 5.41 Å². The molecule has 0 N–H and O–H groups in total. The van der Waals surface area contributed by atoms with Crippen LogP contribution in [0.5, 0.6) is 11.5 Å². The Kier molecular flexibility index (Phi) is 5.50. The lowest BCUT2D eigenvalue weighted by molar-refractivity contribution is 0.223. The number of benzene rings is 1. The van der Waals surface area contributed by atoms with Gasteiger partial charge in [0.05, 0.1) is 24.6 Å². The third-order valence-electron chi connectivity index (χ3n) is 6.20. The van der Waals surface area contributed by atoms with E-state index in [2.05, 4.69) is 90.9 Å². The van der Waals surface area contributed by atoms with Crippen LogP contribution < -0.4 is 9.64 Å². The van der Waals surface area contributed by atoms with Crippen molar-refractivity contribution in [2.24, 2.45) is 0 Å². The molecule has 1 aliphatic rings. The first kappa shape index (κ1) is 22.9. The quantitative estimate of drug-likeness (QED) is 0.353. The van der Waals surface area contributed by atoms with Gasteiger partial charge in [0.15, 0.2) is 5.82 Å². The number of aromatic nitrogens is 4. The molecule has 0 fully saturated rings. The molecule has 0 amide bonds. The van der Waals surface area contributed by atoms with Crippen molar-refractivity contribution in [1.29, 1.82) is 0 Å². The number of hydrogen-bond acceptors (Lipinski definition) is 6. The van der Waals surface area contributed by atoms with Crippen molar-refractivity contribution in [2.45, 2.75) is 52.5 Å². The Hall–Kier alpha value is -3.87. The number of anilines is 1. The van der Waals surface area contributed by atoms with Crippen molar-refractivity contribution in [3.8, 4) is 17.3 Å². The maximum Gasteiger partial charge on any atom is 0.154 e. The van der Waals surface area contributed by atoms with E-state index in [9.17, 15) is 0 Å². The summed E-state index contributed by atoms with van der Waals surface area (Å²) in [4.78, 5) is 13.6. The molecule has 0 atom stereocenters. The van der Waals surface area contributed by atoms with Crippen LogP contribution in [0.3, 0.4) is 0 Å². The molecule has 4 aromatic rings. The van der Waals surface area contributed by atoms with Crippen LogP contribution in [0.1, 0.15) is 47.1 Å². The van der Waals surface area contributed by atoms with Gasteiger partial charge < -0.3 is 14.5 Å². The molecule has 3 aromatic heterocycles. The number of nitrogens with zero attached hydrogens (tertiary/aromatic N) is 6. The number of fused-ring (bicyclic) bond motifs is 1. The molecular weight excluding hydrogens is 436 g/mol. The largest absolute Gasteiger partial charge is 0.456 e. The second kappa shape index (κ2) is 8.41. The first-order chi connectivity index (χ1) is 16.6. The Balaban J connectivity index is 1.41. The number of rotatable bonds is 4. The molecule has 0 spiro atoms. The molecule has 5 rings (SSSR count). The Morgan fingerprint density at radius 3 is 2.43 bits per heavy atom. The molecule has 7 nitrogen and oxygen atoms in total. The van der Waals surface area contributed by atoms with Gasteiger partial charge in [0.2, 0.25) is 0 Å². The minimum atomic E-state index is 0.0205. The summed E-state index contributed by atoms with van der Waals surface area (Å²) in [5.41, 5.74) is 4.01. The summed E-state index contributed by atoms with van der Waals surface area (Å²) in [6.07, 6.45) is 9.56. The van der Waals surface area contributed by atoms with Crippen molar-refractivity contribution in [1.82, 2.24) is 24.6 Å². The molecule has 0 saturated carbocycles. The lowest BCUT2D eigenvalue weighted by Gasteiger charge is -2.33. The summed E-state index contributed by atoms with van der Waals surface area (Å²) in [5.74, 6) is 2.17. The third kappa shape index (κ3) is 4.71. The number of hydrogen-bond donors (Lipinski definition) is 0. The standard InChI is InChI=1S/C28H32N6O/c1-27(2,3)20-10-11-29-26(14-20)34-25-16-23(17-30-24(25)18-31-34)35-22-9-7-8-21(15-22)32-12-13-33(19-32)28(4,5)6/h7-18H,19H2,1-6H3. The highest BCUT2D eigenvalue weighted by Crippen LogP contribution is 2.31. The minimum Gasteiger partial charge on any atom is -0.456 e. The molecule has 1 aliphatic heterocycles. The molecule has 0 unspecified atom stereocenters. The Labute approximate surface area is 206 Å². The number of pyridine rings is 2. The molecule has 7 heteroatoms. The zero-order chi connectivity index (χ0) is 24.8. The maximum atomic E-state index is 6.23. The fourth-order valence-corrected chi connectivity index (χ4v) is 4.01. The van der Waals surface area contributed by atoms with Gasteiger partial charge in [-0.25, -0.2) is 14.6 Å². The van der Waals surface area contributed by atoms with E-state index >= 15 is 0 Å². The van der Waals surface area contributed by atoms with E-state index in [0.717, 1.165) is 35.0 Å². The lowest BCUT2D eigenvalue weighted by atomic mass is 9.88. The monoisotopic (exact) mass is 468 g/mol. The molecule has 0 saturated heterocycles. The molecular formula is C28H32N6O. The van der Waals surface area contributed by atoms with Crippen molar-refractivity contribution >= 4 is 16.7 Å². The zero-order valence-corrected chi connectivity index (χ0v) is 21.2. The summed E-state index contributed by atoms with van der Waals surface area (Å²) in [7, 11) is 0. The van der Waals surface area contributed by atoms with Gasteiger partial charge in [-0.3, -0.25) is 0 Å². The van der Waals surface area contributed by atoms with E-state index in [1.54, 1.807) is 12.4 Å². The van der Waals surface area contributed by atoms with Crippen LogP contribution in [0, 0.1) is 0 Å².